The van der Waals surface area contributed by atoms with Gasteiger partial charge in [0.2, 0.25) is 0 Å². The van der Waals surface area contributed by atoms with Crippen LogP contribution < -0.4 is 0 Å². The van der Waals surface area contributed by atoms with E-state index in [0.717, 1.165) is 16.7 Å². The maximum Gasteiger partial charge on any atom is 0.355 e. The number of rotatable bonds is 2. The number of nitrogens with zero attached hydrogens (tertiary/aromatic N) is 1. The minimum atomic E-state index is -1.02. The smallest absolute Gasteiger partial charge is 0.355 e. The van der Waals surface area contributed by atoms with Crippen LogP contribution in [-0.4, -0.2) is 21.3 Å². The van der Waals surface area contributed by atoms with Gasteiger partial charge in [-0.15, -0.1) is 0 Å². The van der Waals surface area contributed by atoms with Crippen molar-refractivity contribution in [2.24, 2.45) is 0 Å². The van der Waals surface area contributed by atoms with Crippen molar-refractivity contribution in [1.82, 2.24) is 10.2 Å². The molecule has 0 spiro atoms. The molecule has 5 heteroatoms. The predicted octanol–water partition coefficient (Wildman–Crippen LogP) is 3.77. The number of hydrogen-bond acceptors (Lipinski definition) is 2. The van der Waals surface area contributed by atoms with Crippen LogP contribution in [0, 0.1) is 27.7 Å². The molecule has 19 heavy (non-hydrogen) atoms. The van der Waals surface area contributed by atoms with E-state index in [1.165, 1.54) is 11.1 Å². The van der Waals surface area contributed by atoms with Gasteiger partial charge >= 0.3 is 5.97 Å². The zero-order chi connectivity index (χ0) is 14.3. The molecule has 100 valence electrons. The SMILES string of the molecule is Cc1cc(C)c(C)c(-c2n[nH]c(C(=O)O)c2Br)c1C. The number of aryl methyl sites for hydroxylation is 2. The fourth-order valence-corrected chi connectivity index (χ4v) is 2.75. The maximum atomic E-state index is 11.1. The lowest BCUT2D eigenvalue weighted by atomic mass is 9.92. The van der Waals surface area contributed by atoms with Crippen molar-refractivity contribution >= 4 is 21.9 Å². The van der Waals surface area contributed by atoms with Crippen LogP contribution >= 0.6 is 15.9 Å². The molecule has 0 fully saturated rings. The highest BCUT2D eigenvalue weighted by Gasteiger charge is 2.21. The van der Waals surface area contributed by atoms with Crippen molar-refractivity contribution in [1.29, 1.82) is 0 Å². The van der Waals surface area contributed by atoms with E-state index in [2.05, 4.69) is 32.2 Å². The number of nitrogens with one attached hydrogen (secondary N) is 1. The molecule has 0 bridgehead atoms. The predicted molar refractivity (Wildman–Crippen MR) is 77.6 cm³/mol. The molecule has 0 unspecified atom stereocenters. The Hall–Kier alpha value is -1.62. The first-order valence-electron chi connectivity index (χ1n) is 5.89. The number of hydrogen-bond donors (Lipinski definition) is 2. The molecular formula is C14H15BrN2O2. The Kier molecular flexibility index (Phi) is 3.49. The zero-order valence-electron chi connectivity index (χ0n) is 11.3. The number of benzene rings is 1. The largest absolute Gasteiger partial charge is 0.476 e. The summed E-state index contributed by atoms with van der Waals surface area (Å²) in [6, 6.07) is 2.13. The third kappa shape index (κ3) is 2.18. The number of carboxylic acid groups (broad SMARTS) is 1. The van der Waals surface area contributed by atoms with Crippen LogP contribution in [0.15, 0.2) is 10.5 Å². The van der Waals surface area contributed by atoms with Crippen LogP contribution in [0.4, 0.5) is 0 Å². The molecule has 0 aliphatic rings. The molecule has 0 saturated heterocycles. The monoisotopic (exact) mass is 322 g/mol. The quantitative estimate of drug-likeness (QED) is 0.884. The number of aromatic nitrogens is 2. The van der Waals surface area contributed by atoms with Crippen molar-refractivity contribution in [3.63, 3.8) is 0 Å². The Bertz CT molecular complexity index is 648. The Morgan fingerprint density at radius 2 is 1.74 bits per heavy atom. The first-order chi connectivity index (χ1) is 8.84. The second-order valence-electron chi connectivity index (χ2n) is 4.70. The topological polar surface area (TPSA) is 66.0 Å². The summed E-state index contributed by atoms with van der Waals surface area (Å²) in [4.78, 5) is 11.1. The average molecular weight is 323 g/mol. The molecule has 4 nitrogen and oxygen atoms in total. The molecule has 0 saturated carbocycles. The minimum absolute atomic E-state index is 0.0768. The van der Waals surface area contributed by atoms with Gasteiger partial charge in [0, 0.05) is 5.56 Å². The zero-order valence-corrected chi connectivity index (χ0v) is 12.8. The minimum Gasteiger partial charge on any atom is -0.476 e. The highest BCUT2D eigenvalue weighted by molar-refractivity contribution is 9.10. The van der Waals surface area contributed by atoms with Gasteiger partial charge in [0.1, 0.15) is 5.69 Å². The number of aromatic amines is 1. The van der Waals surface area contributed by atoms with E-state index in [1.807, 2.05) is 27.7 Å². The number of halogens is 1. The van der Waals surface area contributed by atoms with Gasteiger partial charge < -0.3 is 5.11 Å². The lowest BCUT2D eigenvalue weighted by Gasteiger charge is -2.13. The summed E-state index contributed by atoms with van der Waals surface area (Å²) in [5, 5.41) is 15.8. The van der Waals surface area contributed by atoms with Crippen LogP contribution in [0.1, 0.15) is 32.7 Å². The lowest BCUT2D eigenvalue weighted by molar-refractivity contribution is 0.0689. The molecule has 0 aliphatic heterocycles. The first-order valence-corrected chi connectivity index (χ1v) is 6.68. The molecule has 2 aromatic rings. The fourth-order valence-electron chi connectivity index (χ4n) is 2.21. The van der Waals surface area contributed by atoms with Gasteiger partial charge in [0.25, 0.3) is 0 Å². The van der Waals surface area contributed by atoms with Crippen molar-refractivity contribution in [3.05, 3.63) is 38.5 Å². The van der Waals surface area contributed by atoms with Crippen molar-refractivity contribution in [2.75, 3.05) is 0 Å². The lowest BCUT2D eigenvalue weighted by Crippen LogP contribution is -1.97. The highest BCUT2D eigenvalue weighted by atomic mass is 79.9. The molecule has 1 aromatic carbocycles. The number of aromatic carboxylic acids is 1. The standard InChI is InChI=1S/C14H15BrN2O2/c1-6-5-7(2)9(4)10(8(6)3)12-11(15)13(14(18)19)17-16-12/h5H,1-4H3,(H,16,17)(H,18,19). The van der Waals surface area contributed by atoms with E-state index in [1.54, 1.807) is 0 Å². The van der Waals surface area contributed by atoms with E-state index < -0.39 is 5.97 Å². The van der Waals surface area contributed by atoms with Gasteiger partial charge in [-0.3, -0.25) is 5.10 Å². The van der Waals surface area contributed by atoms with E-state index in [-0.39, 0.29) is 5.69 Å². The summed E-state index contributed by atoms with van der Waals surface area (Å²) in [5.74, 6) is -1.02. The Morgan fingerprint density at radius 3 is 2.16 bits per heavy atom. The Labute approximate surface area is 120 Å². The number of carboxylic acids is 1. The molecule has 2 rings (SSSR count). The Balaban J connectivity index is 2.76. The molecule has 0 aliphatic carbocycles. The van der Waals surface area contributed by atoms with Crippen LogP contribution in [0.2, 0.25) is 0 Å². The highest BCUT2D eigenvalue weighted by Crippen LogP contribution is 2.35. The van der Waals surface area contributed by atoms with Crippen LogP contribution in [0.3, 0.4) is 0 Å². The summed E-state index contributed by atoms with van der Waals surface area (Å²) in [5.41, 5.74) is 6.30. The molecular weight excluding hydrogens is 308 g/mol. The summed E-state index contributed by atoms with van der Waals surface area (Å²) in [7, 11) is 0. The average Bonchev–Trinajstić information content (AvgIpc) is 2.70. The van der Waals surface area contributed by atoms with Gasteiger partial charge in [0.15, 0.2) is 5.69 Å². The van der Waals surface area contributed by atoms with Gasteiger partial charge in [-0.25, -0.2) is 4.79 Å². The van der Waals surface area contributed by atoms with E-state index in [9.17, 15) is 4.79 Å². The molecule has 0 amide bonds. The second kappa shape index (κ2) is 4.81. The van der Waals surface area contributed by atoms with Gasteiger partial charge in [-0.05, 0) is 65.9 Å². The number of carbonyl (C=O) groups is 1. The summed E-state index contributed by atoms with van der Waals surface area (Å²) < 4.78 is 0.496. The van der Waals surface area contributed by atoms with Gasteiger partial charge in [0.05, 0.1) is 4.47 Å². The Morgan fingerprint density at radius 1 is 1.21 bits per heavy atom. The summed E-state index contributed by atoms with van der Waals surface area (Å²) in [6.07, 6.45) is 0. The molecule has 1 heterocycles. The van der Waals surface area contributed by atoms with Crippen LogP contribution in [-0.2, 0) is 0 Å². The van der Waals surface area contributed by atoms with Crippen molar-refractivity contribution in [3.8, 4) is 11.3 Å². The first kappa shape index (κ1) is 13.8. The molecule has 1 aromatic heterocycles. The third-order valence-electron chi connectivity index (χ3n) is 3.52. The second-order valence-corrected chi connectivity index (χ2v) is 5.49. The van der Waals surface area contributed by atoms with Crippen LogP contribution in [0.25, 0.3) is 11.3 Å². The van der Waals surface area contributed by atoms with Gasteiger partial charge in [-0.2, -0.15) is 5.10 Å². The fraction of sp³-hybridized carbons (Fsp3) is 0.286. The maximum absolute atomic E-state index is 11.1. The molecule has 0 radical (unpaired) electrons. The van der Waals surface area contributed by atoms with E-state index >= 15 is 0 Å². The summed E-state index contributed by atoms with van der Waals surface area (Å²) in [6.45, 7) is 8.14. The third-order valence-corrected chi connectivity index (χ3v) is 4.30. The molecule has 2 N–H and O–H groups in total. The van der Waals surface area contributed by atoms with E-state index in [4.69, 9.17) is 5.11 Å². The summed E-state index contributed by atoms with van der Waals surface area (Å²) >= 11 is 3.33. The van der Waals surface area contributed by atoms with Crippen molar-refractivity contribution in [2.45, 2.75) is 27.7 Å². The molecule has 0 atom stereocenters. The van der Waals surface area contributed by atoms with Crippen molar-refractivity contribution < 1.29 is 9.90 Å². The van der Waals surface area contributed by atoms with Crippen LogP contribution in [0.5, 0.6) is 0 Å². The number of H-pyrrole nitrogens is 1. The van der Waals surface area contributed by atoms with Gasteiger partial charge in [-0.1, -0.05) is 6.07 Å². The van der Waals surface area contributed by atoms with E-state index in [0.29, 0.717) is 10.2 Å². The normalized spacial score (nSPS) is 10.8.